The van der Waals surface area contributed by atoms with Crippen LogP contribution in [0.2, 0.25) is 0 Å². The van der Waals surface area contributed by atoms with Crippen molar-refractivity contribution in [2.24, 2.45) is 0 Å². The van der Waals surface area contributed by atoms with Crippen LogP contribution < -0.4 is 15.1 Å². The van der Waals surface area contributed by atoms with Crippen molar-refractivity contribution in [2.45, 2.75) is 32.6 Å². The maximum atomic E-state index is 11.6. The first kappa shape index (κ1) is 11.6. The lowest BCUT2D eigenvalue weighted by atomic mass is 10.0. The Kier molecular flexibility index (Phi) is 2.39. The third-order valence-electron chi connectivity index (χ3n) is 3.86. The predicted molar refractivity (Wildman–Crippen MR) is 74.0 cm³/mol. The largest absolute Gasteiger partial charge is 0.454 e. The van der Waals surface area contributed by atoms with Gasteiger partial charge in [-0.05, 0) is 37.5 Å². The average Bonchev–Trinajstić information content (AvgIpc) is 2.45. The summed E-state index contributed by atoms with van der Waals surface area (Å²) in [5.41, 5.74) is 0.992. The maximum absolute atomic E-state index is 11.6. The molecule has 1 aliphatic carbocycles. The van der Waals surface area contributed by atoms with Crippen LogP contribution in [0.5, 0.6) is 11.5 Å². The van der Waals surface area contributed by atoms with Crippen LogP contribution in [0, 0.1) is 6.92 Å². The normalized spacial score (nSPS) is 17.2. The minimum Gasteiger partial charge on any atom is -0.454 e. The number of hydrogen-bond acceptors (Lipinski definition) is 4. The van der Waals surface area contributed by atoms with Crippen molar-refractivity contribution in [3.63, 3.8) is 0 Å². The Bertz CT molecular complexity index is 798. The molecule has 0 spiro atoms. The van der Waals surface area contributed by atoms with Crippen LogP contribution in [-0.4, -0.2) is 0 Å². The molecule has 0 unspecified atom stereocenters. The Hall–Kier alpha value is -2.23. The van der Waals surface area contributed by atoms with Crippen LogP contribution >= 0.6 is 0 Å². The number of benzene rings is 1. The smallest absolute Gasteiger partial charge is 0.336 e. The van der Waals surface area contributed by atoms with Crippen LogP contribution in [0.3, 0.4) is 0 Å². The molecule has 2 heterocycles. The average molecular weight is 270 g/mol. The fraction of sp³-hybridized carbons (Fsp3) is 0.312. The van der Waals surface area contributed by atoms with Crippen LogP contribution in [0.1, 0.15) is 31.2 Å². The van der Waals surface area contributed by atoms with E-state index >= 15 is 0 Å². The van der Waals surface area contributed by atoms with Gasteiger partial charge in [0.1, 0.15) is 11.5 Å². The van der Waals surface area contributed by atoms with E-state index in [-0.39, 0.29) is 5.63 Å². The molecule has 20 heavy (non-hydrogen) atoms. The van der Waals surface area contributed by atoms with Crippen molar-refractivity contribution >= 4 is 11.0 Å². The van der Waals surface area contributed by atoms with Gasteiger partial charge in [0.15, 0.2) is 11.3 Å². The first-order valence-corrected chi connectivity index (χ1v) is 6.87. The molecule has 4 rings (SSSR count). The number of aryl methyl sites for hydroxylation is 1. The summed E-state index contributed by atoms with van der Waals surface area (Å²) in [4.78, 5) is 11.6. The van der Waals surface area contributed by atoms with Gasteiger partial charge in [0.25, 0.3) is 0 Å². The molecule has 4 nitrogen and oxygen atoms in total. The summed E-state index contributed by atoms with van der Waals surface area (Å²) in [7, 11) is 0. The summed E-state index contributed by atoms with van der Waals surface area (Å²) in [5.74, 6) is 2.95. The minimum atomic E-state index is -0.365. The molecule has 0 fully saturated rings. The number of rotatable bonds is 0. The molecular weight excluding hydrogens is 256 g/mol. The van der Waals surface area contributed by atoms with Gasteiger partial charge in [-0.3, -0.25) is 0 Å². The Morgan fingerprint density at radius 2 is 1.80 bits per heavy atom. The van der Waals surface area contributed by atoms with Gasteiger partial charge >= 0.3 is 5.63 Å². The van der Waals surface area contributed by atoms with E-state index in [9.17, 15) is 4.79 Å². The molecule has 0 radical (unpaired) electrons. The summed E-state index contributed by atoms with van der Waals surface area (Å²) in [6.45, 7) is 1.89. The molecule has 1 aromatic heterocycles. The van der Waals surface area contributed by atoms with Crippen LogP contribution in [0.25, 0.3) is 11.0 Å². The zero-order valence-electron chi connectivity index (χ0n) is 11.2. The zero-order valence-corrected chi connectivity index (χ0v) is 11.2. The minimum absolute atomic E-state index is 0.365. The first-order valence-electron chi connectivity index (χ1n) is 6.87. The topological polar surface area (TPSA) is 48.7 Å². The van der Waals surface area contributed by atoms with Gasteiger partial charge in [-0.1, -0.05) is 0 Å². The fourth-order valence-electron chi connectivity index (χ4n) is 2.84. The number of allylic oxidation sites excluding steroid dienone is 2. The summed E-state index contributed by atoms with van der Waals surface area (Å²) >= 11 is 0. The van der Waals surface area contributed by atoms with Crippen molar-refractivity contribution in [3.05, 3.63) is 45.7 Å². The molecule has 0 atom stereocenters. The lowest BCUT2D eigenvalue weighted by molar-refractivity contribution is 0.253. The SMILES string of the molecule is Cc1cc(=O)oc2c3c(ccc12)OC1=C(CCCC1)O3. The summed E-state index contributed by atoms with van der Waals surface area (Å²) in [5, 5.41) is 0.881. The van der Waals surface area contributed by atoms with E-state index in [1.807, 2.05) is 19.1 Å². The second-order valence-corrected chi connectivity index (χ2v) is 5.28. The number of ether oxygens (including phenoxy) is 2. The molecule has 0 amide bonds. The highest BCUT2D eigenvalue weighted by Crippen LogP contribution is 2.44. The Balaban J connectivity index is 1.95. The predicted octanol–water partition coefficient (Wildman–Crippen LogP) is 3.66. The standard InChI is InChI=1S/C16H14O4/c1-9-8-14(17)20-15-10(9)6-7-13-16(15)19-12-5-3-2-4-11(12)18-13/h6-8H,2-5H2,1H3. The van der Waals surface area contributed by atoms with Gasteiger partial charge < -0.3 is 13.9 Å². The maximum Gasteiger partial charge on any atom is 0.336 e. The second-order valence-electron chi connectivity index (χ2n) is 5.28. The van der Waals surface area contributed by atoms with Gasteiger partial charge in [-0.25, -0.2) is 4.79 Å². The van der Waals surface area contributed by atoms with E-state index in [2.05, 4.69) is 0 Å². The molecule has 2 aromatic rings. The lowest BCUT2D eigenvalue weighted by Gasteiger charge is -2.26. The zero-order chi connectivity index (χ0) is 13.7. The van der Waals surface area contributed by atoms with Gasteiger partial charge in [0, 0.05) is 24.3 Å². The third kappa shape index (κ3) is 1.64. The van der Waals surface area contributed by atoms with E-state index in [1.54, 1.807) is 0 Å². The quantitative estimate of drug-likeness (QED) is 0.685. The van der Waals surface area contributed by atoms with Gasteiger partial charge in [0.05, 0.1) is 0 Å². The van der Waals surface area contributed by atoms with Crippen LogP contribution in [-0.2, 0) is 0 Å². The highest BCUT2D eigenvalue weighted by molar-refractivity contribution is 5.88. The summed E-state index contributed by atoms with van der Waals surface area (Å²) in [6.07, 6.45) is 4.01. The second kappa shape index (κ2) is 4.13. The fourth-order valence-corrected chi connectivity index (χ4v) is 2.84. The van der Waals surface area contributed by atoms with E-state index in [1.165, 1.54) is 6.07 Å². The first-order chi connectivity index (χ1) is 9.72. The van der Waals surface area contributed by atoms with Crippen LogP contribution in [0.4, 0.5) is 0 Å². The molecule has 2 aliphatic rings. The van der Waals surface area contributed by atoms with Crippen molar-refractivity contribution in [3.8, 4) is 11.5 Å². The summed E-state index contributed by atoms with van der Waals surface area (Å²) in [6, 6.07) is 5.27. The molecule has 0 saturated carbocycles. The summed E-state index contributed by atoms with van der Waals surface area (Å²) < 4.78 is 17.2. The van der Waals surface area contributed by atoms with Gasteiger partial charge in [-0.15, -0.1) is 0 Å². The highest BCUT2D eigenvalue weighted by atomic mass is 16.6. The van der Waals surface area contributed by atoms with E-state index in [0.717, 1.165) is 48.2 Å². The van der Waals surface area contributed by atoms with E-state index in [4.69, 9.17) is 13.9 Å². The Morgan fingerprint density at radius 3 is 2.60 bits per heavy atom. The van der Waals surface area contributed by atoms with Crippen LogP contribution in [0.15, 0.2) is 38.9 Å². The third-order valence-corrected chi connectivity index (χ3v) is 3.86. The highest BCUT2D eigenvalue weighted by Gasteiger charge is 2.27. The monoisotopic (exact) mass is 270 g/mol. The Morgan fingerprint density at radius 1 is 1.05 bits per heavy atom. The molecule has 0 bridgehead atoms. The van der Waals surface area contributed by atoms with Crippen molar-refractivity contribution < 1.29 is 13.9 Å². The number of fused-ring (bicyclic) bond motifs is 3. The molecule has 1 aromatic carbocycles. The molecular formula is C16H14O4. The van der Waals surface area contributed by atoms with Gasteiger partial charge in [0.2, 0.25) is 5.75 Å². The van der Waals surface area contributed by atoms with Gasteiger partial charge in [-0.2, -0.15) is 0 Å². The molecule has 0 saturated heterocycles. The van der Waals surface area contributed by atoms with E-state index in [0.29, 0.717) is 17.1 Å². The lowest BCUT2D eigenvalue weighted by Crippen LogP contribution is -2.16. The molecule has 102 valence electrons. The molecule has 4 heteroatoms. The van der Waals surface area contributed by atoms with Crippen molar-refractivity contribution in [1.82, 2.24) is 0 Å². The van der Waals surface area contributed by atoms with Crippen molar-refractivity contribution in [2.75, 3.05) is 0 Å². The molecule has 0 N–H and O–H groups in total. The van der Waals surface area contributed by atoms with E-state index < -0.39 is 0 Å². The molecule has 1 aliphatic heterocycles. The van der Waals surface area contributed by atoms with Crippen molar-refractivity contribution in [1.29, 1.82) is 0 Å². The number of hydrogen-bond donors (Lipinski definition) is 0. The Labute approximate surface area is 115 Å².